The lowest BCUT2D eigenvalue weighted by Gasteiger charge is -2.40. The third-order valence-corrected chi connectivity index (χ3v) is 5.29. The van der Waals surface area contributed by atoms with Crippen LogP contribution in [0.2, 0.25) is 0 Å². The third-order valence-electron chi connectivity index (χ3n) is 5.29. The Kier molecular flexibility index (Phi) is 5.44. The van der Waals surface area contributed by atoms with E-state index in [0.29, 0.717) is 25.2 Å². The highest BCUT2D eigenvalue weighted by Gasteiger charge is 2.36. The van der Waals surface area contributed by atoms with E-state index in [9.17, 15) is 4.79 Å². The lowest BCUT2D eigenvalue weighted by Crippen LogP contribution is -2.41. The van der Waals surface area contributed by atoms with Gasteiger partial charge in [0.15, 0.2) is 5.82 Å². The van der Waals surface area contributed by atoms with E-state index >= 15 is 0 Å². The SMILES string of the molecule is CC(C)c1noc(CCCC(=O)N[C@@H]2c3ccccc3CCC2(C)C)n1. The first-order valence-corrected chi connectivity index (χ1v) is 9.56. The second-order valence-electron chi connectivity index (χ2n) is 8.24. The Morgan fingerprint density at radius 3 is 2.85 bits per heavy atom. The summed E-state index contributed by atoms with van der Waals surface area (Å²) in [5, 5.41) is 7.23. The summed E-state index contributed by atoms with van der Waals surface area (Å²) in [5.41, 5.74) is 2.67. The molecule has 1 N–H and O–H groups in total. The Balaban J connectivity index is 1.57. The van der Waals surface area contributed by atoms with E-state index in [-0.39, 0.29) is 23.3 Å². The van der Waals surface area contributed by atoms with E-state index in [1.807, 2.05) is 13.8 Å². The van der Waals surface area contributed by atoms with Crippen LogP contribution in [-0.4, -0.2) is 16.0 Å². The molecule has 1 atom stereocenters. The molecular formula is C21H29N3O2. The number of nitrogens with one attached hydrogen (secondary N) is 1. The lowest BCUT2D eigenvalue weighted by atomic mass is 9.70. The maximum atomic E-state index is 12.5. The molecule has 1 heterocycles. The third kappa shape index (κ3) is 4.14. The number of amides is 1. The van der Waals surface area contributed by atoms with Crippen molar-refractivity contribution in [1.82, 2.24) is 15.5 Å². The largest absolute Gasteiger partial charge is 0.349 e. The van der Waals surface area contributed by atoms with Crippen LogP contribution in [0.4, 0.5) is 0 Å². The number of benzene rings is 1. The minimum absolute atomic E-state index is 0.0582. The molecule has 0 fully saturated rings. The molecule has 1 aromatic heterocycles. The van der Waals surface area contributed by atoms with Gasteiger partial charge in [-0.2, -0.15) is 4.98 Å². The molecule has 5 heteroatoms. The van der Waals surface area contributed by atoms with E-state index in [1.165, 1.54) is 11.1 Å². The summed E-state index contributed by atoms with van der Waals surface area (Å²) in [6, 6.07) is 8.52. The average Bonchev–Trinajstić information content (AvgIpc) is 3.07. The maximum Gasteiger partial charge on any atom is 0.226 e. The first-order valence-electron chi connectivity index (χ1n) is 9.56. The Morgan fingerprint density at radius 2 is 2.12 bits per heavy atom. The smallest absolute Gasteiger partial charge is 0.226 e. The molecule has 0 aliphatic heterocycles. The number of carbonyl (C=O) groups excluding carboxylic acids is 1. The van der Waals surface area contributed by atoms with Crippen molar-refractivity contribution < 1.29 is 9.32 Å². The van der Waals surface area contributed by atoms with Gasteiger partial charge in [0.2, 0.25) is 11.8 Å². The number of hydrogen-bond acceptors (Lipinski definition) is 4. The molecule has 3 rings (SSSR count). The lowest BCUT2D eigenvalue weighted by molar-refractivity contribution is -0.123. The average molecular weight is 355 g/mol. The standard InChI is InChI=1S/C21H29N3O2/c1-14(2)20-23-18(26-24-20)11-7-10-17(25)22-19-16-9-6-5-8-15(16)12-13-21(19,3)4/h5-6,8-9,14,19H,7,10-13H2,1-4H3,(H,22,25)/t19-/m1/s1. The van der Waals surface area contributed by atoms with Crippen LogP contribution in [0.5, 0.6) is 0 Å². The van der Waals surface area contributed by atoms with E-state index in [0.717, 1.165) is 18.7 Å². The van der Waals surface area contributed by atoms with Crippen LogP contribution in [0.15, 0.2) is 28.8 Å². The summed E-state index contributed by atoms with van der Waals surface area (Å²) in [5.74, 6) is 1.68. The fourth-order valence-electron chi connectivity index (χ4n) is 3.58. The zero-order valence-electron chi connectivity index (χ0n) is 16.2. The van der Waals surface area contributed by atoms with Crippen molar-refractivity contribution in [3.63, 3.8) is 0 Å². The van der Waals surface area contributed by atoms with Gasteiger partial charge in [-0.3, -0.25) is 4.79 Å². The molecule has 1 aliphatic carbocycles. The van der Waals surface area contributed by atoms with Gasteiger partial charge in [-0.05, 0) is 35.8 Å². The first-order chi connectivity index (χ1) is 12.4. The normalized spacial score (nSPS) is 18.6. The molecule has 0 radical (unpaired) electrons. The maximum absolute atomic E-state index is 12.5. The molecule has 1 amide bonds. The molecule has 1 aromatic carbocycles. The highest BCUT2D eigenvalue weighted by Crippen LogP contribution is 2.43. The summed E-state index contributed by atoms with van der Waals surface area (Å²) in [6.45, 7) is 8.54. The molecule has 0 unspecified atom stereocenters. The molecule has 0 spiro atoms. The quantitative estimate of drug-likeness (QED) is 0.836. The number of carbonyl (C=O) groups is 1. The molecule has 0 saturated heterocycles. The molecule has 1 aliphatic rings. The summed E-state index contributed by atoms with van der Waals surface area (Å²) in [4.78, 5) is 16.9. The number of hydrogen-bond donors (Lipinski definition) is 1. The molecule has 140 valence electrons. The molecule has 0 bridgehead atoms. The fraction of sp³-hybridized carbons (Fsp3) is 0.571. The molecule has 2 aromatic rings. The summed E-state index contributed by atoms with van der Waals surface area (Å²) < 4.78 is 5.24. The Hall–Kier alpha value is -2.17. The number of aromatic nitrogens is 2. The van der Waals surface area contributed by atoms with Gasteiger partial charge in [0, 0.05) is 18.8 Å². The summed E-state index contributed by atoms with van der Waals surface area (Å²) in [6.07, 6.45) is 3.96. The van der Waals surface area contributed by atoms with E-state index in [1.54, 1.807) is 0 Å². The fourth-order valence-corrected chi connectivity index (χ4v) is 3.58. The van der Waals surface area contributed by atoms with Crippen molar-refractivity contribution in [1.29, 1.82) is 0 Å². The van der Waals surface area contributed by atoms with Crippen LogP contribution in [0.3, 0.4) is 0 Å². The Bertz CT molecular complexity index is 764. The second kappa shape index (κ2) is 7.60. The number of rotatable bonds is 6. The predicted molar refractivity (Wildman–Crippen MR) is 101 cm³/mol. The van der Waals surface area contributed by atoms with Gasteiger partial charge in [-0.25, -0.2) is 0 Å². The minimum atomic E-state index is 0.0582. The van der Waals surface area contributed by atoms with Crippen LogP contribution in [0.1, 0.15) is 81.8 Å². The molecular weight excluding hydrogens is 326 g/mol. The second-order valence-corrected chi connectivity index (χ2v) is 8.24. The molecule has 0 saturated carbocycles. The highest BCUT2D eigenvalue weighted by atomic mass is 16.5. The van der Waals surface area contributed by atoms with E-state index in [4.69, 9.17) is 4.52 Å². The van der Waals surface area contributed by atoms with Gasteiger partial charge in [0.05, 0.1) is 6.04 Å². The molecule has 5 nitrogen and oxygen atoms in total. The zero-order chi connectivity index (χ0) is 18.7. The van der Waals surface area contributed by atoms with Gasteiger partial charge >= 0.3 is 0 Å². The van der Waals surface area contributed by atoms with Crippen molar-refractivity contribution in [2.45, 2.75) is 71.8 Å². The number of nitrogens with zero attached hydrogens (tertiary/aromatic N) is 2. The first kappa shape index (κ1) is 18.6. The Labute approximate surface area is 155 Å². The van der Waals surface area contributed by atoms with Gasteiger partial charge < -0.3 is 9.84 Å². The number of fused-ring (bicyclic) bond motifs is 1. The predicted octanol–water partition coefficient (Wildman–Crippen LogP) is 4.35. The van der Waals surface area contributed by atoms with Gasteiger partial charge in [-0.1, -0.05) is 57.1 Å². The number of aryl methyl sites for hydroxylation is 2. The van der Waals surface area contributed by atoms with Crippen molar-refractivity contribution in [2.24, 2.45) is 5.41 Å². The minimum Gasteiger partial charge on any atom is -0.349 e. The van der Waals surface area contributed by atoms with E-state index in [2.05, 4.69) is 53.6 Å². The van der Waals surface area contributed by atoms with Crippen LogP contribution < -0.4 is 5.32 Å². The Morgan fingerprint density at radius 1 is 1.35 bits per heavy atom. The van der Waals surface area contributed by atoms with Crippen molar-refractivity contribution in [3.05, 3.63) is 47.1 Å². The molecule has 26 heavy (non-hydrogen) atoms. The highest BCUT2D eigenvalue weighted by molar-refractivity contribution is 5.76. The van der Waals surface area contributed by atoms with Gasteiger partial charge in [0.1, 0.15) is 0 Å². The van der Waals surface area contributed by atoms with Gasteiger partial charge in [0.25, 0.3) is 0 Å². The summed E-state index contributed by atoms with van der Waals surface area (Å²) in [7, 11) is 0. The van der Waals surface area contributed by atoms with Crippen molar-refractivity contribution in [2.75, 3.05) is 0 Å². The zero-order valence-corrected chi connectivity index (χ0v) is 16.2. The van der Waals surface area contributed by atoms with E-state index < -0.39 is 0 Å². The van der Waals surface area contributed by atoms with Gasteiger partial charge in [-0.15, -0.1) is 0 Å². The monoisotopic (exact) mass is 355 g/mol. The van der Waals surface area contributed by atoms with Crippen LogP contribution in [0, 0.1) is 5.41 Å². The van der Waals surface area contributed by atoms with Crippen LogP contribution in [-0.2, 0) is 17.6 Å². The van der Waals surface area contributed by atoms with Crippen molar-refractivity contribution in [3.8, 4) is 0 Å². The van der Waals surface area contributed by atoms with Crippen LogP contribution in [0.25, 0.3) is 0 Å². The van der Waals surface area contributed by atoms with Crippen molar-refractivity contribution >= 4 is 5.91 Å². The van der Waals surface area contributed by atoms with Crippen LogP contribution >= 0.6 is 0 Å². The topological polar surface area (TPSA) is 68.0 Å². The summed E-state index contributed by atoms with van der Waals surface area (Å²) >= 11 is 0.